The maximum absolute atomic E-state index is 12.0. The lowest BCUT2D eigenvalue weighted by atomic mass is 10.3. The Labute approximate surface area is 155 Å². The number of benzene rings is 2. The van der Waals surface area contributed by atoms with Gasteiger partial charge in [0.05, 0.1) is 24.4 Å². The maximum atomic E-state index is 12.0. The van der Waals surface area contributed by atoms with Crippen LogP contribution in [0.25, 0.3) is 0 Å². The van der Waals surface area contributed by atoms with Gasteiger partial charge in [0, 0.05) is 16.8 Å². The van der Waals surface area contributed by atoms with Crippen molar-refractivity contribution < 1.29 is 9.53 Å². The van der Waals surface area contributed by atoms with E-state index in [9.17, 15) is 4.79 Å². The van der Waals surface area contributed by atoms with Crippen LogP contribution in [-0.4, -0.2) is 24.7 Å². The minimum atomic E-state index is -0.297. The zero-order valence-corrected chi connectivity index (χ0v) is 15.1. The van der Waals surface area contributed by atoms with Crippen LogP contribution in [0.5, 0.6) is 5.75 Å². The highest BCUT2D eigenvalue weighted by Gasteiger charge is 2.07. The Kier molecular flexibility index (Phi) is 6.66. The number of carbonyl (C=O) groups is 1. The molecule has 0 radical (unpaired) electrons. The van der Waals surface area contributed by atoms with Gasteiger partial charge in [-0.05, 0) is 42.5 Å². The van der Waals surface area contributed by atoms with Gasteiger partial charge >= 0.3 is 0 Å². The average Bonchev–Trinajstić information content (AvgIpc) is 2.56. The number of ether oxygens (including phenoxy) is 1. The van der Waals surface area contributed by atoms with Crippen LogP contribution in [0.4, 0.5) is 11.4 Å². The predicted octanol–water partition coefficient (Wildman–Crippen LogP) is 3.93. The summed E-state index contributed by atoms with van der Waals surface area (Å²) in [7, 11) is 1.58. The first-order chi connectivity index (χ1) is 11.5. The summed E-state index contributed by atoms with van der Waals surface area (Å²) in [5.74, 6) is 0.408. The molecular formula is C16H15Cl2N3O2S. The van der Waals surface area contributed by atoms with E-state index in [1.807, 2.05) is 18.2 Å². The number of hydrogen-bond acceptors (Lipinski definition) is 3. The summed E-state index contributed by atoms with van der Waals surface area (Å²) in [6.07, 6.45) is 0. The fourth-order valence-corrected chi connectivity index (χ4v) is 2.35. The van der Waals surface area contributed by atoms with E-state index < -0.39 is 0 Å². The van der Waals surface area contributed by atoms with Crippen LogP contribution in [0.1, 0.15) is 0 Å². The molecule has 2 aromatic carbocycles. The first-order valence-electron chi connectivity index (χ1n) is 6.92. The highest BCUT2D eigenvalue weighted by molar-refractivity contribution is 7.80. The summed E-state index contributed by atoms with van der Waals surface area (Å²) >= 11 is 17.0. The number of halogens is 2. The van der Waals surface area contributed by atoms with Crippen LogP contribution >= 0.6 is 35.4 Å². The van der Waals surface area contributed by atoms with Crippen molar-refractivity contribution in [2.24, 2.45) is 0 Å². The molecule has 0 saturated carbocycles. The molecule has 1 amide bonds. The molecule has 5 nitrogen and oxygen atoms in total. The molecule has 24 heavy (non-hydrogen) atoms. The van der Waals surface area contributed by atoms with E-state index in [4.69, 9.17) is 40.2 Å². The van der Waals surface area contributed by atoms with Crippen LogP contribution in [0.3, 0.4) is 0 Å². The zero-order valence-electron chi connectivity index (χ0n) is 12.7. The van der Waals surface area contributed by atoms with Crippen LogP contribution in [-0.2, 0) is 4.79 Å². The van der Waals surface area contributed by atoms with Crippen molar-refractivity contribution in [3.8, 4) is 5.75 Å². The van der Waals surface area contributed by atoms with Crippen molar-refractivity contribution in [3.63, 3.8) is 0 Å². The Hall–Kier alpha value is -2.02. The van der Waals surface area contributed by atoms with Gasteiger partial charge in [0.2, 0.25) is 5.91 Å². The predicted molar refractivity (Wildman–Crippen MR) is 102 cm³/mol. The van der Waals surface area contributed by atoms with Gasteiger partial charge in [-0.2, -0.15) is 0 Å². The number of carbonyl (C=O) groups excluding carboxylic acids is 1. The molecule has 0 spiro atoms. The van der Waals surface area contributed by atoms with Crippen molar-refractivity contribution in [1.29, 1.82) is 0 Å². The number of anilines is 2. The van der Waals surface area contributed by atoms with Gasteiger partial charge < -0.3 is 20.7 Å². The van der Waals surface area contributed by atoms with Gasteiger partial charge in [-0.3, -0.25) is 4.79 Å². The molecule has 126 valence electrons. The quantitative estimate of drug-likeness (QED) is 0.682. The second-order valence-corrected chi connectivity index (χ2v) is 5.96. The summed E-state index contributed by atoms with van der Waals surface area (Å²) in [6, 6.07) is 12.1. The topological polar surface area (TPSA) is 62.4 Å². The molecule has 2 aromatic rings. The molecule has 0 bridgehead atoms. The molecule has 0 heterocycles. The van der Waals surface area contributed by atoms with Crippen LogP contribution in [0.15, 0.2) is 42.5 Å². The van der Waals surface area contributed by atoms with Crippen molar-refractivity contribution in [1.82, 2.24) is 5.32 Å². The van der Waals surface area contributed by atoms with Gasteiger partial charge in [0.1, 0.15) is 5.75 Å². The minimum absolute atomic E-state index is 0.0152. The van der Waals surface area contributed by atoms with Gasteiger partial charge in [0.25, 0.3) is 0 Å². The Morgan fingerprint density at radius 2 is 1.96 bits per heavy atom. The Morgan fingerprint density at radius 3 is 2.71 bits per heavy atom. The lowest BCUT2D eigenvalue weighted by Crippen LogP contribution is -2.35. The molecular weight excluding hydrogens is 369 g/mol. The lowest BCUT2D eigenvalue weighted by molar-refractivity contribution is -0.115. The number of amides is 1. The maximum Gasteiger partial charge on any atom is 0.243 e. The smallest absolute Gasteiger partial charge is 0.243 e. The largest absolute Gasteiger partial charge is 0.497 e. The molecule has 0 unspecified atom stereocenters. The number of rotatable bonds is 5. The number of thiocarbonyl (C=S) groups is 1. The summed E-state index contributed by atoms with van der Waals surface area (Å²) in [5.41, 5.74) is 1.20. The molecule has 0 aromatic heterocycles. The van der Waals surface area contributed by atoms with E-state index in [1.165, 1.54) is 0 Å². The lowest BCUT2D eigenvalue weighted by Gasteiger charge is -2.12. The fraction of sp³-hybridized carbons (Fsp3) is 0.125. The van der Waals surface area contributed by atoms with Crippen LogP contribution in [0.2, 0.25) is 10.0 Å². The molecule has 0 atom stereocenters. The van der Waals surface area contributed by atoms with Gasteiger partial charge in [0.15, 0.2) is 5.11 Å². The third-order valence-corrected chi connectivity index (χ3v) is 3.75. The second kappa shape index (κ2) is 8.73. The van der Waals surface area contributed by atoms with Gasteiger partial charge in [-0.15, -0.1) is 0 Å². The SMILES string of the molecule is COc1cccc(NC(=S)NCC(=O)Nc2cc(Cl)ccc2Cl)c1. The summed E-state index contributed by atoms with van der Waals surface area (Å²) < 4.78 is 5.13. The van der Waals surface area contributed by atoms with Crippen molar-refractivity contribution in [2.45, 2.75) is 0 Å². The van der Waals surface area contributed by atoms with Crippen molar-refractivity contribution >= 4 is 57.8 Å². The van der Waals surface area contributed by atoms with Crippen molar-refractivity contribution in [3.05, 3.63) is 52.5 Å². The first-order valence-corrected chi connectivity index (χ1v) is 8.08. The highest BCUT2D eigenvalue weighted by Crippen LogP contribution is 2.25. The second-order valence-electron chi connectivity index (χ2n) is 4.71. The van der Waals surface area contributed by atoms with E-state index >= 15 is 0 Å². The summed E-state index contributed by atoms with van der Waals surface area (Å²) in [4.78, 5) is 12.0. The molecule has 0 aliphatic heterocycles. The zero-order chi connectivity index (χ0) is 17.5. The third-order valence-electron chi connectivity index (χ3n) is 2.94. The Bertz CT molecular complexity index is 756. The van der Waals surface area contributed by atoms with Gasteiger partial charge in [-0.1, -0.05) is 29.3 Å². The number of methoxy groups -OCH3 is 1. The molecule has 0 aliphatic rings. The average molecular weight is 384 g/mol. The van der Waals surface area contributed by atoms with E-state index in [0.717, 1.165) is 5.69 Å². The summed E-state index contributed by atoms with van der Waals surface area (Å²) in [6.45, 7) is -0.0152. The molecule has 2 rings (SSSR count). The highest BCUT2D eigenvalue weighted by atomic mass is 35.5. The first kappa shape index (κ1) is 18.3. The number of nitrogens with one attached hydrogen (secondary N) is 3. The monoisotopic (exact) mass is 383 g/mol. The van der Waals surface area contributed by atoms with Crippen LogP contribution in [0, 0.1) is 0 Å². The normalized spacial score (nSPS) is 9.96. The van der Waals surface area contributed by atoms with Crippen LogP contribution < -0.4 is 20.7 Å². The molecule has 8 heteroatoms. The fourth-order valence-electron chi connectivity index (χ4n) is 1.82. The Morgan fingerprint density at radius 1 is 1.17 bits per heavy atom. The number of hydrogen-bond donors (Lipinski definition) is 3. The van der Waals surface area contributed by atoms with Gasteiger partial charge in [-0.25, -0.2) is 0 Å². The molecule has 3 N–H and O–H groups in total. The Balaban J connectivity index is 1.84. The standard InChI is InChI=1S/C16H15Cl2N3O2S/c1-23-12-4-2-3-11(8-12)20-16(24)19-9-15(22)21-14-7-10(17)5-6-13(14)18/h2-8H,9H2,1H3,(H,21,22)(H2,19,20,24). The third kappa shape index (κ3) is 5.56. The summed E-state index contributed by atoms with van der Waals surface area (Å²) in [5, 5.41) is 9.65. The molecule has 0 saturated heterocycles. The van der Waals surface area contributed by atoms with E-state index in [-0.39, 0.29) is 12.5 Å². The van der Waals surface area contributed by atoms with E-state index in [1.54, 1.807) is 31.4 Å². The molecule has 0 fully saturated rings. The van der Waals surface area contributed by atoms with E-state index in [0.29, 0.717) is 26.6 Å². The molecule has 0 aliphatic carbocycles. The van der Waals surface area contributed by atoms with E-state index in [2.05, 4.69) is 16.0 Å². The van der Waals surface area contributed by atoms with Crippen molar-refractivity contribution in [2.75, 3.05) is 24.3 Å². The minimum Gasteiger partial charge on any atom is -0.497 e.